The maximum atomic E-state index is 14.3. The molecule has 3 aromatic rings. The Morgan fingerprint density at radius 3 is 2.65 bits per heavy atom. The van der Waals surface area contributed by atoms with Crippen LogP contribution in [0.5, 0.6) is 0 Å². The molecule has 4 aliphatic rings. The number of hydrogen-bond acceptors (Lipinski definition) is 11. The van der Waals surface area contributed by atoms with Crippen LogP contribution in [0.3, 0.4) is 0 Å². The summed E-state index contributed by atoms with van der Waals surface area (Å²) < 4.78 is 13.1. The Morgan fingerprint density at radius 2 is 1.91 bits per heavy atom. The van der Waals surface area contributed by atoms with Gasteiger partial charge < -0.3 is 34.7 Å². The van der Waals surface area contributed by atoms with Gasteiger partial charge >= 0.3 is 17.9 Å². The first-order valence-electron chi connectivity index (χ1n) is 19.3. The molecule has 54 heavy (non-hydrogen) atoms. The summed E-state index contributed by atoms with van der Waals surface area (Å²) >= 11 is 0. The van der Waals surface area contributed by atoms with E-state index in [4.69, 9.17) is 19.5 Å². The molecule has 3 N–H and O–H groups in total. The number of nitrogens with one attached hydrogen (secondary N) is 2. The van der Waals surface area contributed by atoms with Crippen LogP contribution in [0.2, 0.25) is 0 Å². The quantitative estimate of drug-likeness (QED) is 0.117. The van der Waals surface area contributed by atoms with Crippen LogP contribution < -0.4 is 21.1 Å². The smallest absolute Gasteiger partial charge is 0.355 e. The molecule has 286 valence electrons. The van der Waals surface area contributed by atoms with Crippen molar-refractivity contribution in [3.05, 3.63) is 51.3 Å². The second-order valence-corrected chi connectivity index (χ2v) is 14.8. The highest BCUT2D eigenvalue weighted by atomic mass is 16.6. The van der Waals surface area contributed by atoms with Crippen molar-refractivity contribution in [2.45, 2.75) is 128 Å². The minimum Gasteiger partial charge on any atom is -0.480 e. The molecule has 1 aromatic carbocycles. The zero-order valence-electron chi connectivity index (χ0n) is 31.1. The maximum absolute atomic E-state index is 14.3. The maximum Gasteiger partial charge on any atom is 0.355 e. The summed E-state index contributed by atoms with van der Waals surface area (Å²) in [7, 11) is 0. The van der Waals surface area contributed by atoms with E-state index in [-0.39, 0.29) is 48.7 Å². The van der Waals surface area contributed by atoms with Crippen molar-refractivity contribution in [1.82, 2.24) is 20.2 Å². The van der Waals surface area contributed by atoms with Gasteiger partial charge in [0, 0.05) is 30.1 Å². The second-order valence-electron chi connectivity index (χ2n) is 14.8. The number of aliphatic imine (C=N–C) groups is 1. The van der Waals surface area contributed by atoms with Gasteiger partial charge in [-0.1, -0.05) is 52.0 Å². The number of aliphatic carboxylic acids is 1. The van der Waals surface area contributed by atoms with Gasteiger partial charge in [0.15, 0.2) is 0 Å². The first-order valence-corrected chi connectivity index (χ1v) is 19.3. The van der Waals surface area contributed by atoms with Crippen LogP contribution in [0, 0.1) is 0 Å². The fourth-order valence-corrected chi connectivity index (χ4v) is 8.32. The van der Waals surface area contributed by atoms with E-state index in [9.17, 15) is 29.1 Å². The lowest BCUT2D eigenvalue weighted by molar-refractivity contribution is -0.189. The molecule has 7 rings (SSSR count). The summed E-state index contributed by atoms with van der Waals surface area (Å²) in [6, 6.07) is 5.70. The van der Waals surface area contributed by atoms with E-state index < -0.39 is 47.9 Å². The molecule has 0 radical (unpaired) electrons. The average molecular weight is 741 g/mol. The van der Waals surface area contributed by atoms with Crippen molar-refractivity contribution < 1.29 is 33.8 Å². The molecule has 1 unspecified atom stereocenters. The Labute approximate surface area is 313 Å². The lowest BCUT2D eigenvalue weighted by Gasteiger charge is -2.35. The molecule has 0 saturated heterocycles. The number of anilines is 1. The number of hydrogen-bond donors (Lipinski definition) is 3. The molecule has 2 aromatic heterocycles. The molecule has 1 saturated carbocycles. The molecule has 14 heteroatoms. The standard InChI is InChI=1S/C40H48N6O8/c1-4-6-10-18-45-22-41-28-14-11-15-29-33(28)35(45)25-20-46-31(34(25)43-29)19-27-26(37(46)49)21-53-39(52)40(27,5-2)54-32(47)17-16-30(38(50)51)44-36(48)23(3)42-24-12-8-7-9-13-24/h11,14-15,19,22-24,30,42H,4-10,12-13,16-18,20-21H2,1-3H3,(H,44,48)(H,50,51)/t23?,30-,40+/m1/s1. The molecule has 14 nitrogen and oxygen atoms in total. The van der Waals surface area contributed by atoms with Crippen molar-refractivity contribution >= 4 is 52.4 Å². The summed E-state index contributed by atoms with van der Waals surface area (Å²) in [6.45, 7) is 6.22. The molecular weight excluding hydrogens is 692 g/mol. The van der Waals surface area contributed by atoms with Gasteiger partial charge in [0.05, 0.1) is 58.2 Å². The SMILES string of the molecule is CCCCCN1C=Nc2cccc3nc4c(c1c23)Cn1c-4cc2c(c1=O)COC(=O)[C@@]2(CC)OC(=O)CC[C@@H](NC(=O)C(C)NC1CCCCC1)C(=O)O. The zero-order chi connectivity index (χ0) is 38.1. The van der Waals surface area contributed by atoms with Gasteiger partial charge in [-0.25, -0.2) is 19.6 Å². The molecular formula is C40H48N6O8. The van der Waals surface area contributed by atoms with Gasteiger partial charge in [0.2, 0.25) is 11.5 Å². The fourth-order valence-electron chi connectivity index (χ4n) is 8.32. The minimum atomic E-state index is -1.94. The molecule has 1 aliphatic carbocycles. The highest BCUT2D eigenvalue weighted by Gasteiger charge is 2.50. The molecule has 1 amide bonds. The number of nitrogens with zero attached hydrogens (tertiary/aromatic N) is 4. The van der Waals surface area contributed by atoms with Gasteiger partial charge in [-0.3, -0.25) is 14.4 Å². The lowest BCUT2D eigenvalue weighted by Crippen LogP contribution is -2.51. The minimum absolute atomic E-state index is 0.0365. The van der Waals surface area contributed by atoms with E-state index in [0.717, 1.165) is 85.8 Å². The number of esters is 2. The number of benzene rings is 1. The van der Waals surface area contributed by atoms with E-state index in [1.807, 2.05) is 24.5 Å². The Morgan fingerprint density at radius 1 is 1.11 bits per heavy atom. The third-order valence-electron chi connectivity index (χ3n) is 11.3. The van der Waals surface area contributed by atoms with Crippen LogP contribution in [0.25, 0.3) is 22.3 Å². The number of carbonyl (C=O) groups is 4. The normalized spacial score (nSPS) is 19.8. The summed E-state index contributed by atoms with van der Waals surface area (Å²) in [5.74, 6) is -3.45. The first kappa shape index (κ1) is 37.2. The Balaban J connectivity index is 1.15. The van der Waals surface area contributed by atoms with E-state index >= 15 is 0 Å². The van der Waals surface area contributed by atoms with Gasteiger partial charge in [0.1, 0.15) is 12.6 Å². The number of carboxylic acid groups (broad SMARTS) is 1. The molecule has 0 bridgehead atoms. The van der Waals surface area contributed by atoms with Crippen molar-refractivity contribution in [2.24, 2.45) is 4.99 Å². The van der Waals surface area contributed by atoms with Crippen molar-refractivity contribution in [3.63, 3.8) is 0 Å². The second kappa shape index (κ2) is 15.3. The molecule has 1 fully saturated rings. The highest BCUT2D eigenvalue weighted by molar-refractivity contribution is 6.11. The highest BCUT2D eigenvalue weighted by Crippen LogP contribution is 2.47. The Kier molecular flexibility index (Phi) is 10.6. The number of ether oxygens (including phenoxy) is 2. The number of unbranched alkanes of at least 4 members (excludes halogenated alkanes) is 2. The molecule has 5 heterocycles. The van der Waals surface area contributed by atoms with Gasteiger partial charge in [-0.2, -0.15) is 0 Å². The number of cyclic esters (lactones) is 1. The number of fused-ring (bicyclic) bond motifs is 5. The van der Waals surface area contributed by atoms with E-state index in [1.165, 1.54) is 0 Å². The van der Waals surface area contributed by atoms with Gasteiger partial charge in [-0.05, 0) is 57.2 Å². The molecule has 3 atom stereocenters. The molecule has 0 spiro atoms. The topological polar surface area (TPSA) is 182 Å². The van der Waals surface area contributed by atoms with Crippen LogP contribution >= 0.6 is 0 Å². The lowest BCUT2D eigenvalue weighted by atomic mass is 9.85. The van der Waals surface area contributed by atoms with E-state index in [0.29, 0.717) is 11.4 Å². The predicted octanol–water partition coefficient (Wildman–Crippen LogP) is 4.96. The van der Waals surface area contributed by atoms with Crippen LogP contribution in [-0.2, 0) is 47.4 Å². The summed E-state index contributed by atoms with van der Waals surface area (Å²) in [5, 5.41) is 16.6. The van der Waals surface area contributed by atoms with Crippen molar-refractivity contribution in [2.75, 3.05) is 11.4 Å². The van der Waals surface area contributed by atoms with Crippen LogP contribution in [0.15, 0.2) is 34.1 Å². The number of carbonyl (C=O) groups excluding carboxylic acids is 3. The number of carboxylic acids is 1. The average Bonchev–Trinajstić information content (AvgIpc) is 3.54. The van der Waals surface area contributed by atoms with Crippen LogP contribution in [-0.4, -0.2) is 69.5 Å². The first-order chi connectivity index (χ1) is 26.1. The van der Waals surface area contributed by atoms with Gasteiger partial charge in [-0.15, -0.1) is 0 Å². The monoisotopic (exact) mass is 740 g/mol. The predicted molar refractivity (Wildman–Crippen MR) is 202 cm³/mol. The Hall–Kier alpha value is -5.11. The van der Waals surface area contributed by atoms with Crippen molar-refractivity contribution in [3.8, 4) is 11.4 Å². The summed E-state index contributed by atoms with van der Waals surface area (Å²) in [5.41, 5.74) is 2.58. The number of amides is 1. The third kappa shape index (κ3) is 6.76. The van der Waals surface area contributed by atoms with Crippen molar-refractivity contribution in [1.29, 1.82) is 0 Å². The number of aromatic nitrogens is 2. The van der Waals surface area contributed by atoms with Crippen LogP contribution in [0.1, 0.15) is 108 Å². The van der Waals surface area contributed by atoms with Gasteiger partial charge in [0.25, 0.3) is 5.56 Å². The van der Waals surface area contributed by atoms with E-state index in [2.05, 4.69) is 22.5 Å². The van der Waals surface area contributed by atoms with Crippen LogP contribution in [0.4, 0.5) is 11.4 Å². The van der Waals surface area contributed by atoms with E-state index in [1.54, 1.807) is 24.5 Å². The summed E-state index contributed by atoms with van der Waals surface area (Å²) in [6.07, 6.45) is 9.46. The zero-order valence-corrected chi connectivity index (χ0v) is 31.1. The fraction of sp³-hybridized carbons (Fsp3) is 0.525. The largest absolute Gasteiger partial charge is 0.480 e. The third-order valence-corrected chi connectivity index (χ3v) is 11.3. The Bertz CT molecular complexity index is 2090. The number of pyridine rings is 2. The number of rotatable bonds is 14. The molecule has 3 aliphatic heterocycles. The summed E-state index contributed by atoms with van der Waals surface area (Å²) in [4.78, 5) is 78.3.